The van der Waals surface area contributed by atoms with Gasteiger partial charge in [0.05, 0.1) is 12.2 Å². The largest absolute Gasteiger partial charge is 0.340 e. The molecule has 1 aliphatic rings. The first-order valence-corrected chi connectivity index (χ1v) is 10.3. The molecule has 0 saturated carbocycles. The average molecular weight is 353 g/mol. The van der Waals surface area contributed by atoms with E-state index in [9.17, 15) is 13.2 Å². The van der Waals surface area contributed by atoms with Gasteiger partial charge in [-0.25, -0.2) is 8.42 Å². The monoisotopic (exact) mass is 352 g/mol. The Kier molecular flexibility index (Phi) is 6.40. The van der Waals surface area contributed by atoms with Gasteiger partial charge in [-0.1, -0.05) is 45.0 Å². The van der Waals surface area contributed by atoms with E-state index < -0.39 is 10.0 Å². The van der Waals surface area contributed by atoms with Crippen LogP contribution in [0.15, 0.2) is 24.3 Å². The van der Waals surface area contributed by atoms with E-state index in [-0.39, 0.29) is 11.7 Å². The number of piperazine rings is 1. The van der Waals surface area contributed by atoms with Crippen molar-refractivity contribution in [1.29, 1.82) is 0 Å². The molecule has 0 radical (unpaired) electrons. The molecule has 1 saturated heterocycles. The summed E-state index contributed by atoms with van der Waals surface area (Å²) in [6.45, 7) is 7.92. The van der Waals surface area contributed by atoms with Gasteiger partial charge in [-0.2, -0.15) is 4.31 Å². The number of nitrogens with zero attached hydrogens (tertiary/aromatic N) is 2. The summed E-state index contributed by atoms with van der Waals surface area (Å²) in [5.74, 6) is 0.733. The minimum atomic E-state index is -3.16. The first kappa shape index (κ1) is 18.9. The molecule has 2 rings (SSSR count). The molecule has 0 aromatic heterocycles. The first-order chi connectivity index (χ1) is 11.3. The minimum absolute atomic E-state index is 0.0693. The number of benzene rings is 1. The quantitative estimate of drug-likeness (QED) is 0.789. The van der Waals surface area contributed by atoms with Gasteiger partial charge in [0.25, 0.3) is 0 Å². The zero-order valence-corrected chi connectivity index (χ0v) is 15.7. The summed E-state index contributed by atoms with van der Waals surface area (Å²) in [6, 6.07) is 8.16. The zero-order chi connectivity index (χ0) is 17.7. The van der Waals surface area contributed by atoms with Crippen LogP contribution in [0.4, 0.5) is 0 Å². The fourth-order valence-corrected chi connectivity index (χ4v) is 4.40. The van der Waals surface area contributed by atoms with Crippen LogP contribution < -0.4 is 0 Å². The molecule has 134 valence electrons. The van der Waals surface area contributed by atoms with Crippen molar-refractivity contribution in [2.45, 2.75) is 39.5 Å². The van der Waals surface area contributed by atoms with Crippen LogP contribution in [0.5, 0.6) is 0 Å². The Labute approximate surface area is 145 Å². The second kappa shape index (κ2) is 8.12. The number of rotatable bonds is 6. The summed E-state index contributed by atoms with van der Waals surface area (Å²) in [5, 5.41) is 0. The fourth-order valence-electron chi connectivity index (χ4n) is 2.91. The van der Waals surface area contributed by atoms with Gasteiger partial charge in [0.2, 0.25) is 15.9 Å². The maximum absolute atomic E-state index is 12.4. The van der Waals surface area contributed by atoms with Crippen molar-refractivity contribution < 1.29 is 13.2 Å². The third kappa shape index (κ3) is 4.80. The van der Waals surface area contributed by atoms with Gasteiger partial charge >= 0.3 is 0 Å². The van der Waals surface area contributed by atoms with Crippen LogP contribution in [0.1, 0.15) is 44.2 Å². The Morgan fingerprint density at radius 1 is 1.08 bits per heavy atom. The molecule has 0 unspecified atom stereocenters. The van der Waals surface area contributed by atoms with Gasteiger partial charge in [0, 0.05) is 26.2 Å². The average Bonchev–Trinajstić information content (AvgIpc) is 2.55. The van der Waals surface area contributed by atoms with Crippen LogP contribution in [0.25, 0.3) is 0 Å². The van der Waals surface area contributed by atoms with Crippen LogP contribution in [0, 0.1) is 0 Å². The predicted molar refractivity (Wildman–Crippen MR) is 96.5 cm³/mol. The molecular formula is C18H28N2O3S. The lowest BCUT2D eigenvalue weighted by molar-refractivity contribution is -0.131. The normalized spacial score (nSPS) is 16.6. The highest BCUT2D eigenvalue weighted by molar-refractivity contribution is 7.89. The van der Waals surface area contributed by atoms with E-state index in [1.165, 1.54) is 9.87 Å². The topological polar surface area (TPSA) is 57.7 Å². The van der Waals surface area contributed by atoms with E-state index in [0.717, 1.165) is 5.56 Å². The molecule has 1 aliphatic heterocycles. The summed E-state index contributed by atoms with van der Waals surface area (Å²) in [4.78, 5) is 14.2. The number of hydrogen-bond donors (Lipinski definition) is 0. The zero-order valence-electron chi connectivity index (χ0n) is 14.9. The van der Waals surface area contributed by atoms with E-state index in [0.29, 0.717) is 44.9 Å². The van der Waals surface area contributed by atoms with Gasteiger partial charge in [-0.15, -0.1) is 0 Å². The molecule has 1 heterocycles. The summed E-state index contributed by atoms with van der Waals surface area (Å²) in [5.41, 5.74) is 2.27. The van der Waals surface area contributed by atoms with Crippen molar-refractivity contribution in [2.75, 3.05) is 31.9 Å². The molecular weight excluding hydrogens is 324 g/mol. The highest BCUT2D eigenvalue weighted by Gasteiger charge is 2.28. The highest BCUT2D eigenvalue weighted by atomic mass is 32.2. The maximum Gasteiger partial charge on any atom is 0.227 e. The van der Waals surface area contributed by atoms with Gasteiger partial charge in [-0.05, 0) is 23.5 Å². The summed E-state index contributed by atoms with van der Waals surface area (Å²) < 4.78 is 25.6. The lowest BCUT2D eigenvalue weighted by Gasteiger charge is -2.34. The second-order valence-electron chi connectivity index (χ2n) is 6.67. The molecule has 0 spiro atoms. The molecule has 24 heavy (non-hydrogen) atoms. The Hall–Kier alpha value is -1.40. The number of carbonyl (C=O) groups is 1. The molecule has 6 heteroatoms. The first-order valence-electron chi connectivity index (χ1n) is 8.68. The van der Waals surface area contributed by atoms with Gasteiger partial charge in [0.1, 0.15) is 0 Å². The van der Waals surface area contributed by atoms with Crippen molar-refractivity contribution in [2.24, 2.45) is 0 Å². The van der Waals surface area contributed by atoms with Crippen LogP contribution in [0.3, 0.4) is 0 Å². The van der Waals surface area contributed by atoms with E-state index in [1.807, 2.05) is 19.1 Å². The van der Waals surface area contributed by atoms with Crippen LogP contribution in [-0.4, -0.2) is 55.5 Å². The molecule has 1 fully saturated rings. The van der Waals surface area contributed by atoms with Crippen molar-refractivity contribution in [3.63, 3.8) is 0 Å². The molecule has 5 nitrogen and oxygen atoms in total. The predicted octanol–water partition coefficient (Wildman–Crippen LogP) is 2.24. The molecule has 0 atom stereocenters. The van der Waals surface area contributed by atoms with Crippen molar-refractivity contribution in [3.8, 4) is 0 Å². The van der Waals surface area contributed by atoms with Crippen LogP contribution in [-0.2, 0) is 21.2 Å². The standard InChI is InChI=1S/C18H28N2O3S/c1-4-13-24(22,23)20-11-9-19(10-12-20)18(21)14-16-5-7-17(8-6-16)15(2)3/h5-8,15H,4,9-14H2,1-3H3. The number of hydrogen-bond acceptors (Lipinski definition) is 3. The van der Waals surface area contributed by atoms with E-state index in [1.54, 1.807) is 4.90 Å². The second-order valence-corrected chi connectivity index (χ2v) is 8.76. The van der Waals surface area contributed by atoms with E-state index in [4.69, 9.17) is 0 Å². The highest BCUT2D eigenvalue weighted by Crippen LogP contribution is 2.16. The van der Waals surface area contributed by atoms with Crippen molar-refractivity contribution in [1.82, 2.24) is 9.21 Å². The van der Waals surface area contributed by atoms with Crippen molar-refractivity contribution >= 4 is 15.9 Å². The molecule has 1 aromatic carbocycles. The number of amides is 1. The summed E-state index contributed by atoms with van der Waals surface area (Å²) >= 11 is 0. The molecule has 1 amide bonds. The molecule has 0 aliphatic carbocycles. The summed E-state index contributed by atoms with van der Waals surface area (Å²) in [7, 11) is -3.16. The SMILES string of the molecule is CCCS(=O)(=O)N1CCN(C(=O)Cc2ccc(C(C)C)cc2)CC1. The number of sulfonamides is 1. The van der Waals surface area contributed by atoms with Crippen molar-refractivity contribution in [3.05, 3.63) is 35.4 Å². The molecule has 1 aromatic rings. The molecule has 0 N–H and O–H groups in total. The Morgan fingerprint density at radius 2 is 1.67 bits per heavy atom. The Morgan fingerprint density at radius 3 is 2.17 bits per heavy atom. The third-order valence-corrected chi connectivity index (χ3v) is 6.52. The lowest BCUT2D eigenvalue weighted by Crippen LogP contribution is -2.51. The fraction of sp³-hybridized carbons (Fsp3) is 0.611. The smallest absolute Gasteiger partial charge is 0.227 e. The van der Waals surface area contributed by atoms with Gasteiger partial charge < -0.3 is 4.90 Å². The Balaban J connectivity index is 1.89. The van der Waals surface area contributed by atoms with Gasteiger partial charge in [-0.3, -0.25) is 4.79 Å². The minimum Gasteiger partial charge on any atom is -0.340 e. The third-order valence-electron chi connectivity index (χ3n) is 4.45. The van der Waals surface area contributed by atoms with E-state index >= 15 is 0 Å². The lowest BCUT2D eigenvalue weighted by atomic mass is 10.0. The maximum atomic E-state index is 12.4. The number of carbonyl (C=O) groups excluding carboxylic acids is 1. The molecule has 0 bridgehead atoms. The van der Waals surface area contributed by atoms with Gasteiger partial charge in [0.15, 0.2) is 0 Å². The van der Waals surface area contributed by atoms with Crippen LogP contribution >= 0.6 is 0 Å². The summed E-state index contributed by atoms with van der Waals surface area (Å²) in [6.07, 6.45) is 0.994. The van der Waals surface area contributed by atoms with Crippen LogP contribution in [0.2, 0.25) is 0 Å². The Bertz CT molecular complexity index is 645. The van der Waals surface area contributed by atoms with E-state index in [2.05, 4.69) is 26.0 Å².